The van der Waals surface area contributed by atoms with Crippen molar-refractivity contribution >= 4 is 17.8 Å². The molecule has 3 aliphatic rings. The van der Waals surface area contributed by atoms with Crippen LogP contribution in [0.1, 0.15) is 63.0 Å². The molecule has 2 heterocycles. The van der Waals surface area contributed by atoms with Gasteiger partial charge in [-0.05, 0) is 62.1 Å². The Morgan fingerprint density at radius 3 is 2.74 bits per heavy atom. The van der Waals surface area contributed by atoms with Gasteiger partial charge in [0.05, 0.1) is 12.6 Å². The Morgan fingerprint density at radius 2 is 2.00 bits per heavy atom. The van der Waals surface area contributed by atoms with Crippen LogP contribution < -0.4 is 10.1 Å². The van der Waals surface area contributed by atoms with Crippen molar-refractivity contribution in [1.82, 2.24) is 15.1 Å². The molecular formula is C23H30FN3O4. The van der Waals surface area contributed by atoms with E-state index in [9.17, 15) is 18.8 Å². The van der Waals surface area contributed by atoms with Gasteiger partial charge >= 0.3 is 6.03 Å². The molecule has 0 spiro atoms. The number of halogens is 1. The first kappa shape index (κ1) is 21.6. The second-order valence-electron chi connectivity index (χ2n) is 8.77. The highest BCUT2D eigenvalue weighted by atomic mass is 19.1. The fraction of sp³-hybridized carbons (Fsp3) is 0.609. The number of benzene rings is 1. The number of nitrogens with one attached hydrogen (secondary N) is 1. The van der Waals surface area contributed by atoms with Crippen LogP contribution >= 0.6 is 0 Å². The van der Waals surface area contributed by atoms with E-state index in [1.54, 1.807) is 12.1 Å². The maximum absolute atomic E-state index is 14.1. The molecule has 1 atom stereocenters. The van der Waals surface area contributed by atoms with E-state index in [4.69, 9.17) is 4.74 Å². The number of amides is 4. The first-order valence-electron chi connectivity index (χ1n) is 11.3. The van der Waals surface area contributed by atoms with Gasteiger partial charge in [-0.2, -0.15) is 0 Å². The zero-order valence-corrected chi connectivity index (χ0v) is 17.8. The number of urea groups is 1. The van der Waals surface area contributed by atoms with Crippen LogP contribution in [0.5, 0.6) is 5.75 Å². The molecule has 7 nitrogen and oxygen atoms in total. The van der Waals surface area contributed by atoms with Gasteiger partial charge in [-0.15, -0.1) is 0 Å². The molecular weight excluding hydrogens is 401 g/mol. The molecule has 0 unspecified atom stereocenters. The molecule has 3 fully saturated rings. The van der Waals surface area contributed by atoms with E-state index in [1.807, 2.05) is 4.90 Å². The van der Waals surface area contributed by atoms with Crippen molar-refractivity contribution in [2.75, 3.05) is 26.2 Å². The second-order valence-corrected chi connectivity index (χ2v) is 8.77. The van der Waals surface area contributed by atoms with Crippen molar-refractivity contribution in [3.05, 3.63) is 29.6 Å². The lowest BCUT2D eigenvalue weighted by Gasteiger charge is -2.26. The molecule has 1 saturated carbocycles. The molecule has 1 aromatic rings. The predicted molar refractivity (Wildman–Crippen MR) is 112 cm³/mol. The van der Waals surface area contributed by atoms with E-state index < -0.39 is 0 Å². The molecule has 31 heavy (non-hydrogen) atoms. The van der Waals surface area contributed by atoms with Crippen LogP contribution in [0.25, 0.3) is 0 Å². The van der Waals surface area contributed by atoms with Crippen LogP contribution in [0.2, 0.25) is 0 Å². The summed E-state index contributed by atoms with van der Waals surface area (Å²) < 4.78 is 19.8. The first-order chi connectivity index (χ1) is 15.0. The highest BCUT2D eigenvalue weighted by Gasteiger charge is 2.31. The largest absolute Gasteiger partial charge is 0.490 e. The van der Waals surface area contributed by atoms with Crippen molar-refractivity contribution in [3.63, 3.8) is 0 Å². The molecule has 2 aliphatic heterocycles. The van der Waals surface area contributed by atoms with Crippen molar-refractivity contribution in [3.8, 4) is 5.75 Å². The zero-order valence-electron chi connectivity index (χ0n) is 17.8. The quantitative estimate of drug-likeness (QED) is 0.455. The summed E-state index contributed by atoms with van der Waals surface area (Å²) in [4.78, 5) is 38.9. The molecule has 1 N–H and O–H groups in total. The Morgan fingerprint density at radius 1 is 1.16 bits per heavy atom. The Balaban J connectivity index is 1.25. The molecule has 4 amide bonds. The average molecular weight is 432 g/mol. The minimum atomic E-state index is -0.353. The summed E-state index contributed by atoms with van der Waals surface area (Å²) in [7, 11) is 0. The van der Waals surface area contributed by atoms with Gasteiger partial charge in [0.2, 0.25) is 11.8 Å². The highest BCUT2D eigenvalue weighted by molar-refractivity contribution is 6.01. The van der Waals surface area contributed by atoms with Crippen molar-refractivity contribution in [1.29, 1.82) is 0 Å². The van der Waals surface area contributed by atoms with Crippen LogP contribution in [-0.2, 0) is 9.59 Å². The molecule has 0 bridgehead atoms. The van der Waals surface area contributed by atoms with E-state index in [2.05, 4.69) is 5.32 Å². The first-order valence-corrected chi connectivity index (χ1v) is 11.3. The molecule has 2 saturated heterocycles. The van der Waals surface area contributed by atoms with Gasteiger partial charge in [0.1, 0.15) is 6.54 Å². The summed E-state index contributed by atoms with van der Waals surface area (Å²) >= 11 is 0. The number of likely N-dealkylation sites (tertiary alicyclic amines) is 1. The van der Waals surface area contributed by atoms with Crippen molar-refractivity contribution in [2.24, 2.45) is 5.92 Å². The summed E-state index contributed by atoms with van der Waals surface area (Å²) in [6, 6.07) is 4.60. The molecule has 0 radical (unpaired) electrons. The molecule has 4 rings (SSSR count). The van der Waals surface area contributed by atoms with Crippen LogP contribution in [0.3, 0.4) is 0 Å². The Hall–Kier alpha value is -2.64. The standard InChI is InChI=1S/C23H30FN3O4/c24-18-10-9-17(13-20(18)31-15-16-7-8-16)19-5-4-12-27(19)22(29)6-2-1-3-11-26-14-21(28)25-23(26)30/h9-10,13,16,19H,1-8,11-12,14-15H2,(H,25,28,30)/t19-/m1/s1. The highest BCUT2D eigenvalue weighted by Crippen LogP contribution is 2.36. The lowest BCUT2D eigenvalue weighted by atomic mass is 10.0. The number of ether oxygens (including phenoxy) is 1. The third-order valence-corrected chi connectivity index (χ3v) is 6.27. The maximum atomic E-state index is 14.1. The second kappa shape index (κ2) is 9.66. The number of unbranched alkanes of at least 4 members (excludes halogenated alkanes) is 2. The lowest BCUT2D eigenvalue weighted by molar-refractivity contribution is -0.132. The van der Waals surface area contributed by atoms with Crippen molar-refractivity contribution in [2.45, 2.75) is 57.4 Å². The fourth-order valence-electron chi connectivity index (χ4n) is 4.30. The van der Waals surface area contributed by atoms with Gasteiger partial charge in [-0.25, -0.2) is 9.18 Å². The van der Waals surface area contributed by atoms with E-state index in [1.165, 1.54) is 11.0 Å². The molecule has 1 aromatic carbocycles. The van der Waals surface area contributed by atoms with Crippen LogP contribution in [0, 0.1) is 11.7 Å². The summed E-state index contributed by atoms with van der Waals surface area (Å²) in [6.45, 7) is 1.92. The van der Waals surface area contributed by atoms with Gasteiger partial charge in [-0.3, -0.25) is 14.9 Å². The normalized spacial score (nSPS) is 21.0. The predicted octanol–water partition coefficient (Wildman–Crippen LogP) is 3.39. The summed E-state index contributed by atoms with van der Waals surface area (Å²) in [5, 5.41) is 2.26. The van der Waals surface area contributed by atoms with Gasteiger partial charge in [0, 0.05) is 19.5 Å². The number of carbonyl (C=O) groups is 3. The number of nitrogens with zero attached hydrogens (tertiary/aromatic N) is 2. The van der Waals surface area contributed by atoms with Crippen LogP contribution in [0.15, 0.2) is 18.2 Å². The Kier molecular flexibility index (Phi) is 6.73. The van der Waals surface area contributed by atoms with Crippen LogP contribution in [0.4, 0.5) is 9.18 Å². The fourth-order valence-corrected chi connectivity index (χ4v) is 4.30. The van der Waals surface area contributed by atoms with Gasteiger partial charge < -0.3 is 14.5 Å². The monoisotopic (exact) mass is 431 g/mol. The van der Waals surface area contributed by atoms with Crippen LogP contribution in [-0.4, -0.2) is 53.9 Å². The summed E-state index contributed by atoms with van der Waals surface area (Å²) in [6.07, 6.45) is 6.88. The average Bonchev–Trinajstić information content (AvgIpc) is 3.34. The molecule has 168 valence electrons. The number of imide groups is 1. The lowest BCUT2D eigenvalue weighted by Crippen LogP contribution is -2.30. The number of rotatable bonds is 10. The number of hydrogen-bond acceptors (Lipinski definition) is 4. The smallest absolute Gasteiger partial charge is 0.324 e. The zero-order chi connectivity index (χ0) is 21.8. The molecule has 8 heteroatoms. The SMILES string of the molecule is O=C1CN(CCCCCC(=O)N2CCC[C@@H]2c2ccc(F)c(OCC3CC3)c2)C(=O)N1. The Bertz CT molecular complexity index is 842. The van der Waals surface area contributed by atoms with E-state index in [-0.39, 0.29) is 42.0 Å². The summed E-state index contributed by atoms with van der Waals surface area (Å²) in [5.41, 5.74) is 0.933. The van der Waals surface area contributed by atoms with E-state index in [0.717, 1.165) is 57.1 Å². The van der Waals surface area contributed by atoms with Crippen molar-refractivity contribution < 1.29 is 23.5 Å². The Labute approximate surface area is 181 Å². The topological polar surface area (TPSA) is 79.0 Å². The maximum Gasteiger partial charge on any atom is 0.324 e. The van der Waals surface area contributed by atoms with Gasteiger partial charge in [0.15, 0.2) is 11.6 Å². The van der Waals surface area contributed by atoms with E-state index >= 15 is 0 Å². The molecule has 0 aromatic heterocycles. The molecule has 1 aliphatic carbocycles. The van der Waals surface area contributed by atoms with E-state index in [0.29, 0.717) is 25.5 Å². The van der Waals surface area contributed by atoms with Gasteiger partial charge in [0.25, 0.3) is 0 Å². The summed E-state index contributed by atoms with van der Waals surface area (Å²) in [5.74, 6) is 0.332. The van der Waals surface area contributed by atoms with Gasteiger partial charge in [-0.1, -0.05) is 12.5 Å². The third kappa shape index (κ3) is 5.54. The number of hydrogen-bond donors (Lipinski definition) is 1. The minimum Gasteiger partial charge on any atom is -0.490 e. The number of carbonyl (C=O) groups excluding carboxylic acids is 3. The minimum absolute atomic E-state index is 0.0318. The third-order valence-electron chi connectivity index (χ3n) is 6.27.